The van der Waals surface area contributed by atoms with Gasteiger partial charge in [0.2, 0.25) is 0 Å². The third-order valence-electron chi connectivity index (χ3n) is 4.08. The molecule has 1 aliphatic rings. The molecule has 0 radical (unpaired) electrons. The summed E-state index contributed by atoms with van der Waals surface area (Å²) in [6.45, 7) is 4.46. The zero-order valence-electron chi connectivity index (χ0n) is 12.1. The number of nitrogens with one attached hydrogen (secondary N) is 1. The van der Waals surface area contributed by atoms with Gasteiger partial charge in [0, 0.05) is 28.5 Å². The molecule has 112 valence electrons. The van der Waals surface area contributed by atoms with Crippen LogP contribution >= 0.6 is 27.3 Å². The van der Waals surface area contributed by atoms with Crippen LogP contribution in [0.15, 0.2) is 46.3 Å². The molecule has 0 amide bonds. The summed E-state index contributed by atoms with van der Waals surface area (Å²) in [6, 6.07) is 13.6. The molecule has 0 spiro atoms. The Hall–Kier alpha value is -0.680. The van der Waals surface area contributed by atoms with E-state index in [1.54, 1.807) is 0 Å². The van der Waals surface area contributed by atoms with Gasteiger partial charge in [0.05, 0.1) is 0 Å². The van der Waals surface area contributed by atoms with Crippen LogP contribution in [-0.2, 0) is 13.1 Å². The van der Waals surface area contributed by atoms with Crippen molar-refractivity contribution in [3.05, 3.63) is 56.7 Å². The van der Waals surface area contributed by atoms with E-state index in [4.69, 9.17) is 0 Å². The number of nitrogens with zero attached hydrogens (tertiary/aromatic N) is 1. The van der Waals surface area contributed by atoms with E-state index >= 15 is 0 Å². The number of thiophene rings is 1. The fourth-order valence-corrected chi connectivity index (χ4v) is 4.27. The van der Waals surface area contributed by atoms with Gasteiger partial charge < -0.3 is 5.32 Å². The summed E-state index contributed by atoms with van der Waals surface area (Å²) in [7, 11) is 0. The van der Waals surface area contributed by atoms with Crippen LogP contribution in [0.3, 0.4) is 0 Å². The van der Waals surface area contributed by atoms with Gasteiger partial charge in [0.1, 0.15) is 0 Å². The van der Waals surface area contributed by atoms with Crippen molar-refractivity contribution in [1.29, 1.82) is 0 Å². The monoisotopic (exact) mass is 364 g/mol. The Balaban J connectivity index is 1.42. The Morgan fingerprint density at radius 2 is 1.90 bits per heavy atom. The molecule has 1 fully saturated rings. The molecule has 4 heteroatoms. The number of halogens is 1. The van der Waals surface area contributed by atoms with Crippen molar-refractivity contribution in [1.82, 2.24) is 10.2 Å². The molecule has 21 heavy (non-hydrogen) atoms. The maximum absolute atomic E-state index is 3.70. The SMILES string of the molecule is Brc1ccsc1CNC1CCN(Cc2ccccc2)CC1. The second-order valence-electron chi connectivity index (χ2n) is 5.61. The van der Waals surface area contributed by atoms with Crippen molar-refractivity contribution in [2.45, 2.75) is 32.0 Å². The molecule has 2 nitrogen and oxygen atoms in total. The van der Waals surface area contributed by atoms with Gasteiger partial charge in [0.15, 0.2) is 0 Å². The van der Waals surface area contributed by atoms with Crippen LogP contribution in [0.2, 0.25) is 0 Å². The first-order valence-electron chi connectivity index (χ1n) is 7.53. The number of hydrogen-bond acceptors (Lipinski definition) is 3. The van der Waals surface area contributed by atoms with Crippen molar-refractivity contribution in [2.24, 2.45) is 0 Å². The molecule has 2 aromatic rings. The molecule has 0 bridgehead atoms. The van der Waals surface area contributed by atoms with Gasteiger partial charge in [-0.1, -0.05) is 30.3 Å². The van der Waals surface area contributed by atoms with Gasteiger partial charge in [-0.2, -0.15) is 0 Å². The predicted molar refractivity (Wildman–Crippen MR) is 93.6 cm³/mol. The number of likely N-dealkylation sites (tertiary alicyclic amines) is 1. The molecule has 1 saturated heterocycles. The third kappa shape index (κ3) is 4.39. The maximum atomic E-state index is 3.70. The van der Waals surface area contributed by atoms with Crippen LogP contribution in [0, 0.1) is 0 Å². The summed E-state index contributed by atoms with van der Waals surface area (Å²) in [4.78, 5) is 3.97. The Morgan fingerprint density at radius 1 is 1.14 bits per heavy atom. The highest BCUT2D eigenvalue weighted by Crippen LogP contribution is 2.23. The van der Waals surface area contributed by atoms with Crippen LogP contribution < -0.4 is 5.32 Å². The Morgan fingerprint density at radius 3 is 2.57 bits per heavy atom. The second kappa shape index (κ2) is 7.54. The predicted octanol–water partition coefficient (Wildman–Crippen LogP) is 4.26. The first-order valence-corrected chi connectivity index (χ1v) is 9.20. The Kier molecular flexibility index (Phi) is 5.47. The van der Waals surface area contributed by atoms with E-state index in [1.165, 1.54) is 40.8 Å². The minimum atomic E-state index is 0.658. The molecule has 0 saturated carbocycles. The third-order valence-corrected chi connectivity index (χ3v) is 6.01. The Labute approximate surface area is 139 Å². The summed E-state index contributed by atoms with van der Waals surface area (Å²) < 4.78 is 1.24. The molecule has 2 heterocycles. The van der Waals surface area contributed by atoms with Crippen LogP contribution in [0.25, 0.3) is 0 Å². The number of hydrogen-bond donors (Lipinski definition) is 1. The minimum Gasteiger partial charge on any atom is -0.309 e. The van der Waals surface area contributed by atoms with Crippen molar-refractivity contribution in [3.63, 3.8) is 0 Å². The molecule has 1 aliphatic heterocycles. The van der Waals surface area contributed by atoms with Gasteiger partial charge in [-0.25, -0.2) is 0 Å². The zero-order valence-corrected chi connectivity index (χ0v) is 14.5. The first kappa shape index (κ1) is 15.2. The standard InChI is InChI=1S/C17H21BrN2S/c18-16-8-11-21-17(16)12-19-15-6-9-20(10-7-15)13-14-4-2-1-3-5-14/h1-5,8,11,15,19H,6-7,9-10,12-13H2. The normalized spacial score (nSPS) is 17.2. The van der Waals surface area contributed by atoms with Gasteiger partial charge >= 0.3 is 0 Å². The van der Waals surface area contributed by atoms with E-state index < -0.39 is 0 Å². The van der Waals surface area contributed by atoms with Gasteiger partial charge in [-0.15, -0.1) is 11.3 Å². The molecule has 3 rings (SSSR count). The molecular formula is C17H21BrN2S. The molecular weight excluding hydrogens is 344 g/mol. The van der Waals surface area contributed by atoms with Gasteiger partial charge in [0.25, 0.3) is 0 Å². The highest BCUT2D eigenvalue weighted by Gasteiger charge is 2.19. The highest BCUT2D eigenvalue weighted by molar-refractivity contribution is 9.10. The summed E-state index contributed by atoms with van der Waals surface area (Å²) in [5.74, 6) is 0. The van der Waals surface area contributed by atoms with Gasteiger partial charge in [-0.05, 0) is 58.9 Å². The van der Waals surface area contributed by atoms with Crippen LogP contribution in [0.4, 0.5) is 0 Å². The van der Waals surface area contributed by atoms with Crippen molar-refractivity contribution in [3.8, 4) is 0 Å². The van der Waals surface area contributed by atoms with E-state index in [0.717, 1.165) is 13.1 Å². The highest BCUT2D eigenvalue weighted by atomic mass is 79.9. The molecule has 1 aromatic carbocycles. The van der Waals surface area contributed by atoms with Crippen molar-refractivity contribution < 1.29 is 0 Å². The number of rotatable bonds is 5. The smallest absolute Gasteiger partial charge is 0.0327 e. The summed E-state index contributed by atoms with van der Waals surface area (Å²) in [5, 5.41) is 5.85. The van der Waals surface area contributed by atoms with E-state index in [2.05, 4.69) is 67.9 Å². The van der Waals surface area contributed by atoms with Crippen LogP contribution in [0.1, 0.15) is 23.3 Å². The van der Waals surface area contributed by atoms with E-state index in [1.807, 2.05) is 11.3 Å². The van der Waals surface area contributed by atoms with Gasteiger partial charge in [-0.3, -0.25) is 4.90 Å². The second-order valence-corrected chi connectivity index (χ2v) is 7.46. The Bertz CT molecular complexity index is 547. The fraction of sp³-hybridized carbons (Fsp3) is 0.412. The average molecular weight is 365 g/mol. The van der Waals surface area contributed by atoms with E-state index in [0.29, 0.717) is 6.04 Å². The molecule has 0 unspecified atom stereocenters. The fourth-order valence-electron chi connectivity index (χ4n) is 2.83. The van der Waals surface area contributed by atoms with E-state index in [-0.39, 0.29) is 0 Å². The first-order chi connectivity index (χ1) is 10.3. The minimum absolute atomic E-state index is 0.658. The lowest BCUT2D eigenvalue weighted by molar-refractivity contribution is 0.190. The quantitative estimate of drug-likeness (QED) is 0.852. The maximum Gasteiger partial charge on any atom is 0.0327 e. The number of benzene rings is 1. The summed E-state index contributed by atoms with van der Waals surface area (Å²) >= 11 is 5.42. The van der Waals surface area contributed by atoms with Crippen LogP contribution in [0.5, 0.6) is 0 Å². The van der Waals surface area contributed by atoms with E-state index in [9.17, 15) is 0 Å². The van der Waals surface area contributed by atoms with Crippen molar-refractivity contribution in [2.75, 3.05) is 13.1 Å². The molecule has 1 N–H and O–H groups in total. The van der Waals surface area contributed by atoms with Crippen LogP contribution in [-0.4, -0.2) is 24.0 Å². The zero-order chi connectivity index (χ0) is 14.5. The number of piperidine rings is 1. The largest absolute Gasteiger partial charge is 0.309 e. The summed E-state index contributed by atoms with van der Waals surface area (Å²) in [5.41, 5.74) is 1.42. The lowest BCUT2D eigenvalue weighted by atomic mass is 10.0. The van der Waals surface area contributed by atoms with Crippen molar-refractivity contribution >= 4 is 27.3 Å². The molecule has 1 aromatic heterocycles. The average Bonchev–Trinajstić information content (AvgIpc) is 2.93. The lowest BCUT2D eigenvalue weighted by Gasteiger charge is -2.32. The molecule has 0 aliphatic carbocycles. The lowest BCUT2D eigenvalue weighted by Crippen LogP contribution is -2.41. The summed E-state index contributed by atoms with van der Waals surface area (Å²) in [6.07, 6.45) is 2.49. The topological polar surface area (TPSA) is 15.3 Å². The molecule has 0 atom stereocenters.